The Bertz CT molecular complexity index is 1250. The van der Waals surface area contributed by atoms with E-state index in [1.807, 2.05) is 19.1 Å². The van der Waals surface area contributed by atoms with Crippen LogP contribution in [0, 0.1) is 18.8 Å². The fourth-order valence-corrected chi connectivity index (χ4v) is 6.70. The Kier molecular flexibility index (Phi) is 4.27. The van der Waals surface area contributed by atoms with Gasteiger partial charge in [-0.3, -0.25) is 18.8 Å². The Morgan fingerprint density at radius 1 is 1.00 bits per heavy atom. The molecule has 0 N–H and O–H groups in total. The summed E-state index contributed by atoms with van der Waals surface area (Å²) in [5.74, 6) is -1.54. The van der Waals surface area contributed by atoms with Crippen LogP contribution < -0.4 is 4.31 Å². The van der Waals surface area contributed by atoms with E-state index < -0.39 is 27.9 Å². The van der Waals surface area contributed by atoms with Gasteiger partial charge in [0.1, 0.15) is 5.76 Å². The third-order valence-corrected chi connectivity index (χ3v) is 8.36. The SMILES string of the molecule is COC1=C2c3ccccc3N(S(=O)(=O)c3ccc(C)cc3)C2C2C(=O)N(C)C(=O)C2C1. The molecule has 5 rings (SSSR count). The second-order valence-electron chi connectivity index (χ2n) is 8.19. The van der Waals surface area contributed by atoms with Crippen molar-refractivity contribution < 1.29 is 22.7 Å². The lowest BCUT2D eigenvalue weighted by atomic mass is 9.76. The third kappa shape index (κ3) is 2.61. The number of carbonyl (C=O) groups excluding carboxylic acids is 2. The summed E-state index contributed by atoms with van der Waals surface area (Å²) < 4.78 is 34.7. The van der Waals surface area contributed by atoms with Crippen molar-refractivity contribution in [1.82, 2.24) is 4.90 Å². The lowest BCUT2D eigenvalue weighted by molar-refractivity contribution is -0.138. The van der Waals surface area contributed by atoms with Crippen LogP contribution in [0.2, 0.25) is 0 Å². The maximum absolute atomic E-state index is 13.9. The molecule has 1 aliphatic carbocycles. The van der Waals surface area contributed by atoms with Gasteiger partial charge in [-0.15, -0.1) is 0 Å². The van der Waals surface area contributed by atoms with Crippen molar-refractivity contribution in [2.24, 2.45) is 11.8 Å². The highest BCUT2D eigenvalue weighted by atomic mass is 32.2. The summed E-state index contributed by atoms with van der Waals surface area (Å²) in [6, 6.07) is 13.0. The quantitative estimate of drug-likeness (QED) is 0.688. The number of hydrogen-bond donors (Lipinski definition) is 0. The molecule has 3 unspecified atom stereocenters. The van der Waals surface area contributed by atoms with E-state index >= 15 is 0 Å². The van der Waals surface area contributed by atoms with Crippen LogP contribution in [0.15, 0.2) is 59.2 Å². The first-order chi connectivity index (χ1) is 14.8. The van der Waals surface area contributed by atoms with E-state index in [1.165, 1.54) is 18.5 Å². The molecule has 0 aromatic heterocycles. The molecule has 7 nitrogen and oxygen atoms in total. The lowest BCUT2D eigenvalue weighted by Gasteiger charge is -2.36. The number of anilines is 1. The van der Waals surface area contributed by atoms with Crippen LogP contribution in [0.5, 0.6) is 0 Å². The number of likely N-dealkylation sites (tertiary alicyclic amines) is 1. The average Bonchev–Trinajstić information content (AvgIpc) is 3.22. The third-order valence-electron chi connectivity index (χ3n) is 6.55. The van der Waals surface area contributed by atoms with Gasteiger partial charge in [-0.25, -0.2) is 8.42 Å². The standard InChI is InChI=1S/C23H22N2O5S/c1-13-8-10-14(11-9-13)31(28,29)25-17-7-5-4-6-15(17)19-18(30-3)12-16-20(21(19)25)23(27)24(2)22(16)26/h4-11,16,20-21H,12H2,1-3H3. The Morgan fingerprint density at radius 3 is 2.35 bits per heavy atom. The number of hydrogen-bond acceptors (Lipinski definition) is 5. The molecule has 2 aliphatic heterocycles. The van der Waals surface area contributed by atoms with E-state index in [9.17, 15) is 18.0 Å². The first kappa shape index (κ1) is 19.8. The topological polar surface area (TPSA) is 84.0 Å². The van der Waals surface area contributed by atoms with Crippen molar-refractivity contribution in [2.45, 2.75) is 24.3 Å². The van der Waals surface area contributed by atoms with E-state index in [4.69, 9.17) is 4.74 Å². The summed E-state index contributed by atoms with van der Waals surface area (Å²) in [6.45, 7) is 1.89. The Balaban J connectivity index is 1.77. The molecule has 1 fully saturated rings. The van der Waals surface area contributed by atoms with Gasteiger partial charge in [0.05, 0.1) is 35.6 Å². The minimum absolute atomic E-state index is 0.139. The highest BCUT2D eigenvalue weighted by Crippen LogP contribution is 2.54. The summed E-state index contributed by atoms with van der Waals surface area (Å²) in [4.78, 5) is 27.2. The number of benzene rings is 2. The van der Waals surface area contributed by atoms with Gasteiger partial charge in [-0.05, 0) is 25.1 Å². The number of nitrogens with zero attached hydrogens (tertiary/aromatic N) is 2. The minimum Gasteiger partial charge on any atom is -0.501 e. The fourth-order valence-electron chi connectivity index (χ4n) is 5.04. The zero-order valence-corrected chi connectivity index (χ0v) is 18.2. The fraction of sp³-hybridized carbons (Fsp3) is 0.304. The first-order valence-corrected chi connectivity index (χ1v) is 11.5. The van der Waals surface area contributed by atoms with Gasteiger partial charge in [0.2, 0.25) is 11.8 Å². The highest BCUT2D eigenvalue weighted by Gasteiger charge is 2.60. The second kappa shape index (κ2) is 6.68. The van der Waals surface area contributed by atoms with Gasteiger partial charge in [0.15, 0.2) is 0 Å². The van der Waals surface area contributed by atoms with E-state index in [-0.39, 0.29) is 23.1 Å². The van der Waals surface area contributed by atoms with Crippen molar-refractivity contribution in [3.8, 4) is 0 Å². The minimum atomic E-state index is -4.01. The summed E-state index contributed by atoms with van der Waals surface area (Å²) >= 11 is 0. The Hall–Kier alpha value is -3.13. The zero-order valence-electron chi connectivity index (χ0n) is 17.4. The Labute approximate surface area is 181 Å². The molecule has 160 valence electrons. The van der Waals surface area contributed by atoms with Gasteiger partial charge < -0.3 is 4.74 Å². The molecule has 31 heavy (non-hydrogen) atoms. The zero-order chi connectivity index (χ0) is 22.1. The summed E-state index contributed by atoms with van der Waals surface area (Å²) in [5, 5.41) is 0. The normalized spacial score (nSPS) is 24.9. The largest absolute Gasteiger partial charge is 0.501 e. The summed E-state index contributed by atoms with van der Waals surface area (Å²) in [7, 11) is -1.03. The van der Waals surface area contributed by atoms with E-state index in [1.54, 1.807) is 36.4 Å². The van der Waals surface area contributed by atoms with Gasteiger partial charge >= 0.3 is 0 Å². The number of fused-ring (bicyclic) bond motifs is 5. The van der Waals surface area contributed by atoms with Crippen LogP contribution in [0.3, 0.4) is 0 Å². The van der Waals surface area contributed by atoms with Crippen LogP contribution in [0.4, 0.5) is 5.69 Å². The molecule has 3 atom stereocenters. The van der Waals surface area contributed by atoms with Crippen LogP contribution in [-0.4, -0.2) is 45.3 Å². The lowest BCUT2D eigenvalue weighted by Crippen LogP contribution is -2.48. The van der Waals surface area contributed by atoms with E-state index in [2.05, 4.69) is 0 Å². The van der Waals surface area contributed by atoms with Gasteiger partial charge in [0.25, 0.3) is 10.0 Å². The highest BCUT2D eigenvalue weighted by molar-refractivity contribution is 7.93. The molecule has 0 spiro atoms. The van der Waals surface area contributed by atoms with Crippen molar-refractivity contribution in [3.63, 3.8) is 0 Å². The second-order valence-corrected chi connectivity index (χ2v) is 10.0. The maximum atomic E-state index is 13.9. The smallest absolute Gasteiger partial charge is 0.264 e. The molecule has 0 radical (unpaired) electrons. The number of amides is 2. The van der Waals surface area contributed by atoms with Crippen LogP contribution in [0.1, 0.15) is 17.5 Å². The van der Waals surface area contributed by atoms with Crippen molar-refractivity contribution >= 4 is 33.1 Å². The number of methoxy groups -OCH3 is 1. The van der Waals surface area contributed by atoms with E-state index in [0.717, 1.165) is 10.5 Å². The van der Waals surface area contributed by atoms with Crippen LogP contribution >= 0.6 is 0 Å². The number of rotatable bonds is 3. The van der Waals surface area contributed by atoms with Crippen molar-refractivity contribution in [3.05, 3.63) is 65.4 Å². The molecule has 2 amide bonds. The predicted molar refractivity (Wildman–Crippen MR) is 114 cm³/mol. The number of para-hydroxylation sites is 1. The summed E-state index contributed by atoms with van der Waals surface area (Å²) in [6.07, 6.45) is 0.272. The molecular formula is C23H22N2O5S. The van der Waals surface area contributed by atoms with Crippen LogP contribution in [-0.2, 0) is 24.3 Å². The molecule has 2 heterocycles. The number of allylic oxidation sites excluding steroid dienone is 1. The average molecular weight is 439 g/mol. The van der Waals surface area contributed by atoms with Crippen LogP contribution in [0.25, 0.3) is 5.57 Å². The maximum Gasteiger partial charge on any atom is 0.264 e. The predicted octanol–water partition coefficient (Wildman–Crippen LogP) is 2.56. The number of sulfonamides is 1. The van der Waals surface area contributed by atoms with E-state index in [0.29, 0.717) is 22.6 Å². The molecule has 0 bridgehead atoms. The molecule has 1 saturated heterocycles. The first-order valence-electron chi connectivity index (χ1n) is 10.1. The molecule has 3 aliphatic rings. The number of imide groups is 1. The summed E-state index contributed by atoms with van der Waals surface area (Å²) in [5.41, 5.74) is 2.83. The van der Waals surface area contributed by atoms with Crippen molar-refractivity contribution in [1.29, 1.82) is 0 Å². The molecule has 2 aromatic carbocycles. The number of carbonyl (C=O) groups is 2. The molecule has 8 heteroatoms. The number of aryl methyl sites for hydroxylation is 1. The van der Waals surface area contributed by atoms with Gasteiger partial charge in [-0.1, -0.05) is 35.9 Å². The number of ether oxygens (including phenoxy) is 1. The van der Waals surface area contributed by atoms with Crippen molar-refractivity contribution in [2.75, 3.05) is 18.5 Å². The monoisotopic (exact) mass is 438 g/mol. The molecule has 2 aromatic rings. The van der Waals surface area contributed by atoms with Gasteiger partial charge in [-0.2, -0.15) is 0 Å². The Morgan fingerprint density at radius 2 is 1.68 bits per heavy atom. The molecule has 0 saturated carbocycles. The van der Waals surface area contributed by atoms with Gasteiger partial charge in [0, 0.05) is 24.6 Å². The molecular weight excluding hydrogens is 416 g/mol.